The van der Waals surface area contributed by atoms with Crippen LogP contribution in [0.1, 0.15) is 47.9 Å². The molecule has 60 heavy (non-hydrogen) atoms. The van der Waals surface area contributed by atoms with E-state index in [4.69, 9.17) is 28.4 Å². The summed E-state index contributed by atoms with van der Waals surface area (Å²) in [6.45, 7) is 2.74. The smallest absolute Gasteiger partial charge is 0.220 e. The Morgan fingerprint density at radius 3 is 1.13 bits per heavy atom. The van der Waals surface area contributed by atoms with E-state index < -0.39 is 0 Å². The Labute approximate surface area is 374 Å². The molecular weight excluding hydrogens is 848 g/mol. The first-order valence-corrected chi connectivity index (χ1v) is 21.5. The number of nitrogens with one attached hydrogen (secondary N) is 2. The average molecular weight is 904 g/mol. The Morgan fingerprint density at radius 1 is 0.517 bits per heavy atom. The molecule has 2 heterocycles. The second kappa shape index (κ2) is 28.7. The summed E-state index contributed by atoms with van der Waals surface area (Å²) >= 11 is 0. The minimum atomic E-state index is 0. The van der Waals surface area contributed by atoms with Gasteiger partial charge in [-0.3, -0.25) is 9.59 Å². The lowest BCUT2D eigenvalue weighted by Gasteiger charge is -2.12. The predicted molar refractivity (Wildman–Crippen MR) is 233 cm³/mol. The number of benzene rings is 2. The van der Waals surface area contributed by atoms with Crippen molar-refractivity contribution >= 4 is 57.7 Å². The van der Waals surface area contributed by atoms with Crippen LogP contribution in [-0.4, -0.2) is 79.1 Å². The number of carbonyl (C=O) groups excluding carboxylic acids is 2. The third-order valence-electron chi connectivity index (χ3n) is 8.88. The molecule has 0 fully saturated rings. The molecule has 4 rings (SSSR count). The van der Waals surface area contributed by atoms with Gasteiger partial charge in [0.2, 0.25) is 23.3 Å². The van der Waals surface area contributed by atoms with Crippen LogP contribution >= 0.6 is 21.6 Å². The maximum Gasteiger partial charge on any atom is 0.220 e. The summed E-state index contributed by atoms with van der Waals surface area (Å²) in [6.07, 6.45) is 18.6. The molecule has 2 N–H and O–H groups in total. The molecule has 0 saturated carbocycles. The zero-order chi connectivity index (χ0) is 41.5. The number of carbonyl (C=O) groups is 2. The van der Waals surface area contributed by atoms with Crippen molar-refractivity contribution in [3.05, 3.63) is 95.6 Å². The summed E-state index contributed by atoms with van der Waals surface area (Å²) in [5.41, 5.74) is 3.96. The number of aromatic nitrogens is 2. The van der Waals surface area contributed by atoms with Gasteiger partial charge in [0.25, 0.3) is 0 Å². The van der Waals surface area contributed by atoms with Crippen LogP contribution in [0.3, 0.4) is 0 Å². The summed E-state index contributed by atoms with van der Waals surface area (Å²) in [5.74, 6) is 5.28. The first-order valence-electron chi connectivity index (χ1n) is 19.0. The third kappa shape index (κ3) is 17.1. The van der Waals surface area contributed by atoms with E-state index in [0.29, 0.717) is 60.4 Å². The van der Waals surface area contributed by atoms with Gasteiger partial charge >= 0.3 is 0 Å². The van der Waals surface area contributed by atoms with Gasteiger partial charge in [-0.15, -0.1) is 0 Å². The second-order valence-electron chi connectivity index (χ2n) is 12.9. The highest BCUT2D eigenvalue weighted by atomic mass is 35.5. The summed E-state index contributed by atoms with van der Waals surface area (Å²) in [5, 5.41) is 6.00. The minimum absolute atomic E-state index is 0. The van der Waals surface area contributed by atoms with E-state index in [0.717, 1.165) is 59.7 Å². The predicted octanol–water partition coefficient (Wildman–Crippen LogP) is 0.536. The van der Waals surface area contributed by atoms with Crippen molar-refractivity contribution in [1.82, 2.24) is 10.6 Å². The van der Waals surface area contributed by atoms with Crippen LogP contribution in [0.15, 0.2) is 73.3 Å². The van der Waals surface area contributed by atoms with E-state index in [1.54, 1.807) is 64.2 Å². The fraction of sp³-hybridized carbons (Fsp3) is 0.364. The highest BCUT2D eigenvalue weighted by molar-refractivity contribution is 8.76. The molecule has 326 valence electrons. The van der Waals surface area contributed by atoms with Gasteiger partial charge in [0.15, 0.2) is 47.8 Å². The van der Waals surface area contributed by atoms with Crippen molar-refractivity contribution in [2.45, 2.75) is 38.8 Å². The van der Waals surface area contributed by atoms with Gasteiger partial charge in [-0.2, -0.15) is 0 Å². The third-order valence-corrected chi connectivity index (χ3v) is 11.3. The zero-order valence-electron chi connectivity index (χ0n) is 35.0. The summed E-state index contributed by atoms with van der Waals surface area (Å²) in [7, 11) is 13.0. The fourth-order valence-electron chi connectivity index (χ4n) is 5.84. The molecule has 2 aromatic carbocycles. The monoisotopic (exact) mass is 902 g/mol. The van der Waals surface area contributed by atoms with Gasteiger partial charge in [0.05, 0.1) is 42.7 Å². The van der Waals surface area contributed by atoms with Gasteiger partial charge in [-0.1, -0.05) is 45.9 Å². The maximum atomic E-state index is 12.3. The molecule has 16 heteroatoms. The Bertz CT molecular complexity index is 1780. The van der Waals surface area contributed by atoms with Gasteiger partial charge in [0, 0.05) is 74.5 Å². The Morgan fingerprint density at radius 2 is 0.833 bits per heavy atom. The standard InChI is InChI=1S/C44H54N4O8S2.2ClH/c1-51-37-29-35(30-38(52-2)43(37)55-5)13-11-33-15-23-47(24-16-33)21-7-9-41(49)45-19-27-57-58-28-20-46-42(50)10-8-22-48-25-17-34(18-26-48)12-14-36-31-39(53-3)44(56-6)40(32-36)54-4;;/h11-18,23-26,29-32H,7-10,19-22,27-28H2,1-6H3;2*1H/b13-11+,14-12+;;. The van der Waals surface area contributed by atoms with E-state index in [1.807, 2.05) is 97.6 Å². The van der Waals surface area contributed by atoms with E-state index in [2.05, 4.69) is 19.8 Å². The first kappa shape index (κ1) is 51.4. The second-order valence-corrected chi connectivity index (χ2v) is 15.6. The number of hydrogen-bond donors (Lipinski definition) is 2. The van der Waals surface area contributed by atoms with Crippen LogP contribution in [0.4, 0.5) is 0 Å². The van der Waals surface area contributed by atoms with Gasteiger partial charge < -0.3 is 63.9 Å². The highest BCUT2D eigenvalue weighted by Crippen LogP contribution is 2.39. The molecule has 12 nitrogen and oxygen atoms in total. The summed E-state index contributed by atoms with van der Waals surface area (Å²) in [6, 6.07) is 15.8. The molecule has 0 spiro atoms. The number of aryl methyl sites for hydroxylation is 2. The maximum absolute atomic E-state index is 12.3. The lowest BCUT2D eigenvalue weighted by atomic mass is 10.1. The Kier molecular flexibility index (Phi) is 24.5. The van der Waals surface area contributed by atoms with Crippen molar-refractivity contribution in [2.24, 2.45) is 0 Å². The molecule has 0 saturated heterocycles. The largest absolute Gasteiger partial charge is 1.00 e. The molecule has 2 aromatic heterocycles. The molecule has 0 aliphatic rings. The molecular formula is C44H56Cl2N4O8S2. The van der Waals surface area contributed by atoms with Crippen LogP contribution in [-0.2, 0) is 22.7 Å². The summed E-state index contributed by atoms with van der Waals surface area (Å²) < 4.78 is 36.7. The van der Waals surface area contributed by atoms with Crippen LogP contribution in [0.5, 0.6) is 34.5 Å². The molecule has 0 radical (unpaired) electrons. The van der Waals surface area contributed by atoms with Crippen LogP contribution in [0.25, 0.3) is 24.3 Å². The van der Waals surface area contributed by atoms with Gasteiger partial charge in [0.1, 0.15) is 13.1 Å². The van der Waals surface area contributed by atoms with Crippen molar-refractivity contribution in [1.29, 1.82) is 0 Å². The molecule has 0 aliphatic heterocycles. The normalized spacial score (nSPS) is 10.7. The van der Waals surface area contributed by atoms with E-state index >= 15 is 0 Å². The van der Waals surface area contributed by atoms with Gasteiger partial charge in [-0.05, 0) is 46.5 Å². The molecule has 0 atom stereocenters. The molecule has 0 bridgehead atoms. The number of rotatable bonds is 25. The number of halogens is 2. The number of nitrogens with zero attached hydrogens (tertiary/aromatic N) is 2. The van der Waals surface area contributed by atoms with Crippen molar-refractivity contribution in [3.63, 3.8) is 0 Å². The SMILES string of the molecule is COc1cc(/C=C/c2cc[n+](CCCC(=O)NCCSSCCNC(=O)CCC[n+]3ccc(/C=C/c4cc(OC)c(OC)c(OC)c4)cc3)cc2)cc(OC)c1OC.[Cl-].[Cl-]. The van der Waals surface area contributed by atoms with Crippen LogP contribution < -0.4 is 73.0 Å². The number of hydrogen-bond acceptors (Lipinski definition) is 10. The van der Waals surface area contributed by atoms with Crippen LogP contribution in [0.2, 0.25) is 0 Å². The molecule has 4 aromatic rings. The fourth-order valence-corrected chi connectivity index (χ4v) is 7.65. The topological polar surface area (TPSA) is 121 Å². The molecule has 0 unspecified atom stereocenters. The molecule has 0 aliphatic carbocycles. The lowest BCUT2D eigenvalue weighted by Crippen LogP contribution is -3.00. The van der Waals surface area contributed by atoms with E-state index in [9.17, 15) is 9.59 Å². The van der Waals surface area contributed by atoms with E-state index in [-0.39, 0.29) is 36.6 Å². The number of methoxy groups -OCH3 is 6. The minimum Gasteiger partial charge on any atom is -1.00 e. The van der Waals surface area contributed by atoms with E-state index in [1.165, 1.54) is 0 Å². The zero-order valence-corrected chi connectivity index (χ0v) is 38.2. The highest BCUT2D eigenvalue weighted by Gasteiger charge is 2.14. The van der Waals surface area contributed by atoms with Crippen molar-refractivity contribution in [2.75, 3.05) is 67.3 Å². The number of amides is 2. The first-order chi connectivity index (χ1) is 28.3. The van der Waals surface area contributed by atoms with Gasteiger partial charge in [-0.25, -0.2) is 9.13 Å². The lowest BCUT2D eigenvalue weighted by molar-refractivity contribution is -0.697. The summed E-state index contributed by atoms with van der Waals surface area (Å²) in [4.78, 5) is 24.7. The number of pyridine rings is 2. The average Bonchev–Trinajstić information content (AvgIpc) is 3.25. The quantitative estimate of drug-likeness (QED) is 0.0555. The van der Waals surface area contributed by atoms with Crippen molar-refractivity contribution < 1.29 is 72.0 Å². The van der Waals surface area contributed by atoms with Crippen molar-refractivity contribution in [3.8, 4) is 34.5 Å². The Balaban J connectivity index is 0.00000620. The Hall–Kier alpha value is -4.76. The van der Waals surface area contributed by atoms with Crippen LogP contribution in [0, 0.1) is 0 Å². The number of ether oxygens (including phenoxy) is 6. The molecule has 2 amide bonds.